The molecular formula is C12H11NO4. The number of nitrogens with zero attached hydrogens (tertiary/aromatic N) is 1. The van der Waals surface area contributed by atoms with E-state index >= 15 is 0 Å². The highest BCUT2D eigenvalue weighted by Crippen LogP contribution is 2.28. The fourth-order valence-corrected chi connectivity index (χ4v) is 1.57. The first-order chi connectivity index (χ1) is 8.13. The lowest BCUT2D eigenvalue weighted by Gasteiger charge is -2.01. The van der Waals surface area contributed by atoms with Gasteiger partial charge < -0.3 is 14.4 Å². The summed E-state index contributed by atoms with van der Waals surface area (Å²) < 4.78 is 10.1. The highest BCUT2D eigenvalue weighted by Gasteiger charge is 2.18. The van der Waals surface area contributed by atoms with E-state index in [1.807, 2.05) is 6.07 Å². The molecule has 0 aliphatic rings. The molecule has 5 nitrogen and oxygen atoms in total. The summed E-state index contributed by atoms with van der Waals surface area (Å²) in [4.78, 5) is 10.8. The lowest BCUT2D eigenvalue weighted by molar-refractivity contribution is 0.0685. The highest BCUT2D eigenvalue weighted by molar-refractivity contribution is 5.88. The first-order valence-corrected chi connectivity index (χ1v) is 4.97. The van der Waals surface area contributed by atoms with Crippen molar-refractivity contribution in [2.75, 3.05) is 7.11 Å². The Morgan fingerprint density at radius 3 is 2.82 bits per heavy atom. The summed E-state index contributed by atoms with van der Waals surface area (Å²) in [6, 6.07) is 7.17. The van der Waals surface area contributed by atoms with Crippen molar-refractivity contribution in [1.29, 1.82) is 0 Å². The zero-order valence-corrected chi connectivity index (χ0v) is 9.43. The highest BCUT2D eigenvalue weighted by atomic mass is 16.5. The molecule has 0 aliphatic heterocycles. The van der Waals surface area contributed by atoms with Crippen LogP contribution >= 0.6 is 0 Å². The number of aromatic nitrogens is 1. The van der Waals surface area contributed by atoms with Gasteiger partial charge in [0.25, 0.3) is 0 Å². The third kappa shape index (κ3) is 1.99. The third-order valence-electron chi connectivity index (χ3n) is 2.46. The molecule has 2 aromatic rings. The number of rotatable bonds is 3. The van der Waals surface area contributed by atoms with E-state index in [1.54, 1.807) is 32.2 Å². The van der Waals surface area contributed by atoms with Crippen LogP contribution in [0.5, 0.6) is 5.75 Å². The number of hydrogen-bond acceptors (Lipinski definition) is 4. The molecule has 17 heavy (non-hydrogen) atoms. The van der Waals surface area contributed by atoms with E-state index in [0.717, 1.165) is 5.56 Å². The minimum absolute atomic E-state index is 0.0668. The van der Waals surface area contributed by atoms with Gasteiger partial charge in [0.2, 0.25) is 0 Å². The van der Waals surface area contributed by atoms with E-state index < -0.39 is 5.97 Å². The molecule has 0 spiro atoms. The molecule has 1 aromatic heterocycles. The molecule has 0 bridgehead atoms. The number of ether oxygens (including phenoxy) is 1. The minimum Gasteiger partial charge on any atom is -0.497 e. The summed E-state index contributed by atoms with van der Waals surface area (Å²) in [6.45, 7) is 1.66. The Morgan fingerprint density at radius 1 is 1.47 bits per heavy atom. The fraction of sp³-hybridized carbons (Fsp3) is 0.167. The smallest absolute Gasteiger partial charge is 0.358 e. The Morgan fingerprint density at radius 2 is 2.24 bits per heavy atom. The number of carboxylic acid groups (broad SMARTS) is 1. The Bertz CT molecular complexity index is 559. The van der Waals surface area contributed by atoms with Crippen LogP contribution in [0.2, 0.25) is 0 Å². The average Bonchev–Trinajstić information content (AvgIpc) is 2.71. The summed E-state index contributed by atoms with van der Waals surface area (Å²) in [5.41, 5.74) is 1.18. The van der Waals surface area contributed by atoms with Crippen molar-refractivity contribution in [2.24, 2.45) is 0 Å². The van der Waals surface area contributed by atoms with Crippen LogP contribution in [0.1, 0.15) is 16.1 Å². The van der Waals surface area contributed by atoms with Crippen molar-refractivity contribution in [3.8, 4) is 17.1 Å². The van der Waals surface area contributed by atoms with Crippen LogP contribution in [0.25, 0.3) is 11.3 Å². The molecule has 5 heteroatoms. The van der Waals surface area contributed by atoms with Gasteiger partial charge >= 0.3 is 5.97 Å². The van der Waals surface area contributed by atoms with Crippen molar-refractivity contribution in [3.05, 3.63) is 35.5 Å². The molecule has 1 heterocycles. The van der Waals surface area contributed by atoms with Gasteiger partial charge in [-0.05, 0) is 19.1 Å². The lowest BCUT2D eigenvalue weighted by atomic mass is 10.1. The van der Waals surface area contributed by atoms with Crippen LogP contribution in [0.15, 0.2) is 28.8 Å². The second-order valence-corrected chi connectivity index (χ2v) is 3.52. The lowest BCUT2D eigenvalue weighted by Crippen LogP contribution is -1.98. The van der Waals surface area contributed by atoms with Gasteiger partial charge in [-0.3, -0.25) is 0 Å². The Hall–Kier alpha value is -2.30. The van der Waals surface area contributed by atoms with Crippen molar-refractivity contribution in [2.45, 2.75) is 6.92 Å². The van der Waals surface area contributed by atoms with Gasteiger partial charge in [0.15, 0.2) is 11.5 Å². The fourth-order valence-electron chi connectivity index (χ4n) is 1.57. The molecule has 0 amide bonds. The molecule has 0 radical (unpaired) electrons. The van der Waals surface area contributed by atoms with Crippen molar-refractivity contribution < 1.29 is 19.2 Å². The summed E-state index contributed by atoms with van der Waals surface area (Å²) in [5, 5.41) is 12.4. The largest absolute Gasteiger partial charge is 0.497 e. The monoisotopic (exact) mass is 233 g/mol. The van der Waals surface area contributed by atoms with Gasteiger partial charge in [-0.15, -0.1) is 0 Å². The van der Waals surface area contributed by atoms with Gasteiger partial charge in [0, 0.05) is 11.1 Å². The second-order valence-electron chi connectivity index (χ2n) is 3.52. The van der Waals surface area contributed by atoms with E-state index in [-0.39, 0.29) is 5.69 Å². The zero-order valence-electron chi connectivity index (χ0n) is 9.43. The molecule has 0 saturated heterocycles. The zero-order chi connectivity index (χ0) is 12.4. The second kappa shape index (κ2) is 4.29. The van der Waals surface area contributed by atoms with Crippen LogP contribution < -0.4 is 4.74 Å². The molecule has 1 aromatic carbocycles. The van der Waals surface area contributed by atoms with Crippen LogP contribution in [0, 0.1) is 6.92 Å². The van der Waals surface area contributed by atoms with Gasteiger partial charge in [-0.2, -0.15) is 0 Å². The number of hydrogen-bond donors (Lipinski definition) is 1. The Kier molecular flexibility index (Phi) is 2.82. The molecular weight excluding hydrogens is 222 g/mol. The molecule has 0 unspecified atom stereocenters. The molecule has 0 aliphatic carbocycles. The van der Waals surface area contributed by atoms with Gasteiger partial charge in [0.1, 0.15) is 5.75 Å². The van der Waals surface area contributed by atoms with Crippen LogP contribution in [-0.4, -0.2) is 23.3 Å². The molecule has 0 saturated carbocycles. The Balaban J connectivity index is 2.49. The molecule has 0 atom stereocenters. The van der Waals surface area contributed by atoms with Crippen LogP contribution in [-0.2, 0) is 0 Å². The quantitative estimate of drug-likeness (QED) is 0.880. The van der Waals surface area contributed by atoms with E-state index in [2.05, 4.69) is 5.16 Å². The number of carbonyl (C=O) groups is 1. The third-order valence-corrected chi connectivity index (χ3v) is 2.46. The number of benzene rings is 1. The van der Waals surface area contributed by atoms with Gasteiger partial charge in [0.05, 0.1) is 7.11 Å². The van der Waals surface area contributed by atoms with Gasteiger partial charge in [-0.25, -0.2) is 4.79 Å². The van der Waals surface area contributed by atoms with Crippen molar-refractivity contribution >= 4 is 5.97 Å². The molecule has 88 valence electrons. The maximum Gasteiger partial charge on any atom is 0.358 e. The number of methoxy groups -OCH3 is 1. The maximum atomic E-state index is 10.8. The Labute approximate surface area is 97.6 Å². The minimum atomic E-state index is -1.10. The SMILES string of the molecule is COc1cccc(-c2onc(C(=O)O)c2C)c1. The van der Waals surface area contributed by atoms with Crippen molar-refractivity contribution in [1.82, 2.24) is 5.16 Å². The summed E-state index contributed by atoms with van der Waals surface area (Å²) in [7, 11) is 1.56. The van der Waals surface area contributed by atoms with E-state index in [9.17, 15) is 4.79 Å². The molecule has 2 rings (SSSR count). The first-order valence-electron chi connectivity index (χ1n) is 4.97. The number of aromatic carboxylic acids is 1. The summed E-state index contributed by atoms with van der Waals surface area (Å²) in [6.07, 6.45) is 0. The maximum absolute atomic E-state index is 10.8. The summed E-state index contributed by atoms with van der Waals surface area (Å²) >= 11 is 0. The van der Waals surface area contributed by atoms with E-state index in [1.165, 1.54) is 0 Å². The molecule has 0 fully saturated rings. The predicted octanol–water partition coefficient (Wildman–Crippen LogP) is 2.36. The van der Waals surface area contributed by atoms with E-state index in [0.29, 0.717) is 17.1 Å². The predicted molar refractivity (Wildman–Crippen MR) is 60.2 cm³/mol. The normalized spacial score (nSPS) is 10.2. The number of carboxylic acids is 1. The first kappa shape index (κ1) is 11.2. The average molecular weight is 233 g/mol. The topological polar surface area (TPSA) is 72.6 Å². The van der Waals surface area contributed by atoms with Crippen molar-refractivity contribution in [3.63, 3.8) is 0 Å². The van der Waals surface area contributed by atoms with E-state index in [4.69, 9.17) is 14.4 Å². The van der Waals surface area contributed by atoms with Crippen LogP contribution in [0.3, 0.4) is 0 Å². The van der Waals surface area contributed by atoms with Crippen LogP contribution in [0.4, 0.5) is 0 Å². The standard InChI is InChI=1S/C12H11NO4/c1-7-10(12(14)15)13-17-11(7)8-4-3-5-9(6-8)16-2/h3-6H,1-2H3,(H,14,15). The molecule has 1 N–H and O–H groups in total. The van der Waals surface area contributed by atoms with Gasteiger partial charge in [-0.1, -0.05) is 17.3 Å². The summed E-state index contributed by atoms with van der Waals surface area (Å²) in [5.74, 6) is 0.0249.